The second kappa shape index (κ2) is 8.33. The number of hydrogen-bond acceptors (Lipinski definition) is 2. The molecule has 0 radical (unpaired) electrons. The quantitative estimate of drug-likeness (QED) is 0.440. The average Bonchev–Trinajstić information content (AvgIpc) is 3.15. The number of nitrogens with two attached hydrogens (primary N) is 1. The molecule has 1 aliphatic rings. The highest BCUT2D eigenvalue weighted by atomic mass is 127. The molecular formula is C17H24IN5. The van der Waals surface area contributed by atoms with Crippen LogP contribution in [0, 0.1) is 5.92 Å². The van der Waals surface area contributed by atoms with Crippen LogP contribution in [0.3, 0.4) is 0 Å². The van der Waals surface area contributed by atoms with Gasteiger partial charge in [-0.2, -0.15) is 5.10 Å². The highest BCUT2D eigenvalue weighted by Gasteiger charge is 2.11. The molecule has 3 rings (SSSR count). The summed E-state index contributed by atoms with van der Waals surface area (Å²) in [6.45, 7) is 3.68. The minimum Gasteiger partial charge on any atom is -0.370 e. The molecule has 0 spiro atoms. The van der Waals surface area contributed by atoms with Crippen molar-refractivity contribution < 1.29 is 0 Å². The lowest BCUT2D eigenvalue weighted by Crippen LogP contribution is -2.24. The van der Waals surface area contributed by atoms with Crippen LogP contribution in [0.15, 0.2) is 41.7 Å². The van der Waals surface area contributed by atoms with Crippen LogP contribution in [0.1, 0.15) is 24.5 Å². The van der Waals surface area contributed by atoms with Crippen LogP contribution in [0.4, 0.5) is 5.69 Å². The molecule has 1 unspecified atom stereocenters. The van der Waals surface area contributed by atoms with E-state index >= 15 is 0 Å². The monoisotopic (exact) mass is 425 g/mol. The Morgan fingerprint density at radius 1 is 1.39 bits per heavy atom. The molecule has 1 atom stereocenters. The minimum absolute atomic E-state index is 0. The molecule has 0 saturated heterocycles. The van der Waals surface area contributed by atoms with Crippen molar-refractivity contribution in [3.63, 3.8) is 0 Å². The maximum atomic E-state index is 5.99. The first-order valence-corrected chi connectivity index (χ1v) is 7.87. The summed E-state index contributed by atoms with van der Waals surface area (Å²) >= 11 is 0. The van der Waals surface area contributed by atoms with Crippen molar-refractivity contribution in [1.82, 2.24) is 9.78 Å². The van der Waals surface area contributed by atoms with E-state index in [1.165, 1.54) is 30.4 Å². The number of benzene rings is 1. The highest BCUT2D eigenvalue weighted by molar-refractivity contribution is 14.0. The molecule has 23 heavy (non-hydrogen) atoms. The first kappa shape index (κ1) is 17.8. The molecule has 6 heteroatoms. The topological polar surface area (TPSA) is 68.2 Å². The summed E-state index contributed by atoms with van der Waals surface area (Å²) in [6, 6.07) is 8.40. The molecule has 1 aliphatic carbocycles. The number of rotatable bonds is 5. The van der Waals surface area contributed by atoms with Crippen molar-refractivity contribution in [1.29, 1.82) is 0 Å². The molecule has 5 nitrogen and oxygen atoms in total. The van der Waals surface area contributed by atoms with Gasteiger partial charge >= 0.3 is 0 Å². The number of hydrogen-bond donors (Lipinski definition) is 2. The van der Waals surface area contributed by atoms with Crippen molar-refractivity contribution in [3.05, 3.63) is 47.8 Å². The number of anilines is 1. The lowest BCUT2D eigenvalue weighted by atomic mass is 10.1. The zero-order valence-electron chi connectivity index (χ0n) is 13.4. The largest absolute Gasteiger partial charge is 0.370 e. The number of nitrogens with zero attached hydrogens (tertiary/aromatic N) is 3. The Morgan fingerprint density at radius 2 is 2.22 bits per heavy atom. The Labute approximate surface area is 154 Å². The van der Waals surface area contributed by atoms with Gasteiger partial charge in [0.1, 0.15) is 0 Å². The Kier molecular flexibility index (Phi) is 6.44. The van der Waals surface area contributed by atoms with Crippen molar-refractivity contribution in [2.75, 3.05) is 11.9 Å². The van der Waals surface area contributed by atoms with Gasteiger partial charge in [-0.15, -0.1) is 24.0 Å². The van der Waals surface area contributed by atoms with Crippen LogP contribution in [0.2, 0.25) is 0 Å². The first-order chi connectivity index (χ1) is 10.7. The Balaban J connectivity index is 0.00000192. The number of fused-ring (bicyclic) bond motifs is 1. The van der Waals surface area contributed by atoms with Crippen LogP contribution in [-0.4, -0.2) is 22.3 Å². The maximum Gasteiger partial charge on any atom is 0.193 e. The van der Waals surface area contributed by atoms with E-state index in [2.05, 4.69) is 40.5 Å². The van der Waals surface area contributed by atoms with Gasteiger partial charge in [0.2, 0.25) is 0 Å². The second-order valence-electron chi connectivity index (χ2n) is 6.02. The van der Waals surface area contributed by atoms with E-state index in [0.29, 0.717) is 18.4 Å². The number of aryl methyl sites for hydroxylation is 2. The Morgan fingerprint density at radius 3 is 3.00 bits per heavy atom. The summed E-state index contributed by atoms with van der Waals surface area (Å²) in [5, 5.41) is 7.40. The SMILES string of the molecule is CC(CN=C(N)Nc1ccc2c(c1)CCC2)Cn1cccn1.I. The highest BCUT2D eigenvalue weighted by Crippen LogP contribution is 2.24. The molecule has 3 N–H and O–H groups in total. The van der Waals surface area contributed by atoms with Crippen molar-refractivity contribution in [2.24, 2.45) is 16.6 Å². The van der Waals surface area contributed by atoms with Gasteiger partial charge in [-0.3, -0.25) is 9.67 Å². The molecule has 0 fully saturated rings. The Hall–Kier alpha value is -1.57. The van der Waals surface area contributed by atoms with E-state index in [1.54, 1.807) is 6.20 Å². The third-order valence-corrected chi connectivity index (χ3v) is 4.00. The molecule has 0 saturated carbocycles. The normalized spacial score (nSPS) is 14.9. The van der Waals surface area contributed by atoms with Gasteiger partial charge in [-0.25, -0.2) is 0 Å². The molecular weight excluding hydrogens is 401 g/mol. The zero-order chi connectivity index (χ0) is 15.4. The first-order valence-electron chi connectivity index (χ1n) is 7.87. The summed E-state index contributed by atoms with van der Waals surface area (Å²) < 4.78 is 1.92. The van der Waals surface area contributed by atoms with Crippen LogP contribution < -0.4 is 11.1 Å². The standard InChI is InChI=1S/C17H23N5.HI/c1-13(12-22-9-3-8-20-22)11-19-17(18)21-16-7-6-14-4-2-5-15(14)10-16;/h3,6-10,13H,2,4-5,11-12H2,1H3,(H3,18,19,21);1H. The summed E-state index contributed by atoms with van der Waals surface area (Å²) in [6.07, 6.45) is 7.38. The van der Waals surface area contributed by atoms with Crippen molar-refractivity contribution in [3.8, 4) is 0 Å². The lowest BCUT2D eigenvalue weighted by Gasteiger charge is -2.11. The molecule has 124 valence electrons. The smallest absolute Gasteiger partial charge is 0.193 e. The van der Waals surface area contributed by atoms with Gasteiger partial charge in [-0.1, -0.05) is 13.0 Å². The van der Waals surface area contributed by atoms with Crippen LogP contribution >= 0.6 is 24.0 Å². The lowest BCUT2D eigenvalue weighted by molar-refractivity contribution is 0.459. The van der Waals surface area contributed by atoms with Crippen molar-refractivity contribution in [2.45, 2.75) is 32.7 Å². The Bertz CT molecular complexity index is 651. The number of aromatic nitrogens is 2. The summed E-state index contributed by atoms with van der Waals surface area (Å²) in [5.74, 6) is 0.866. The van der Waals surface area contributed by atoms with E-state index < -0.39 is 0 Å². The van der Waals surface area contributed by atoms with Gasteiger partial charge in [0.25, 0.3) is 0 Å². The predicted octanol–water partition coefficient (Wildman–Crippen LogP) is 3.05. The molecule has 2 aromatic rings. The number of aliphatic imine (C=N–C) groups is 1. The molecule has 1 heterocycles. The third kappa shape index (κ3) is 4.95. The summed E-state index contributed by atoms with van der Waals surface area (Å²) in [5.41, 5.74) is 9.92. The van der Waals surface area contributed by atoms with Gasteiger partial charge in [-0.05, 0) is 54.5 Å². The van der Waals surface area contributed by atoms with E-state index in [-0.39, 0.29) is 24.0 Å². The molecule has 1 aromatic heterocycles. The van der Waals surface area contributed by atoms with Crippen LogP contribution in [0.5, 0.6) is 0 Å². The van der Waals surface area contributed by atoms with E-state index in [0.717, 1.165) is 12.2 Å². The van der Waals surface area contributed by atoms with Crippen LogP contribution in [-0.2, 0) is 19.4 Å². The van der Waals surface area contributed by atoms with E-state index in [1.807, 2.05) is 16.9 Å². The fourth-order valence-corrected chi connectivity index (χ4v) is 2.88. The minimum atomic E-state index is 0. The van der Waals surface area contributed by atoms with Gasteiger partial charge in [0.15, 0.2) is 5.96 Å². The fraction of sp³-hybridized carbons (Fsp3) is 0.412. The molecule has 0 aliphatic heterocycles. The summed E-state index contributed by atoms with van der Waals surface area (Å²) in [4.78, 5) is 4.44. The molecule has 0 bridgehead atoms. The van der Waals surface area contributed by atoms with Gasteiger partial charge < -0.3 is 11.1 Å². The maximum absolute atomic E-state index is 5.99. The number of halogens is 1. The number of nitrogens with one attached hydrogen (secondary N) is 1. The summed E-state index contributed by atoms with van der Waals surface area (Å²) in [7, 11) is 0. The number of guanidine groups is 1. The molecule has 0 amide bonds. The fourth-order valence-electron chi connectivity index (χ4n) is 2.88. The van der Waals surface area contributed by atoms with Crippen molar-refractivity contribution >= 4 is 35.6 Å². The third-order valence-electron chi connectivity index (χ3n) is 4.00. The average molecular weight is 425 g/mol. The zero-order valence-corrected chi connectivity index (χ0v) is 15.7. The van der Waals surface area contributed by atoms with E-state index in [9.17, 15) is 0 Å². The predicted molar refractivity (Wildman–Crippen MR) is 105 cm³/mol. The molecule has 1 aromatic carbocycles. The van der Waals surface area contributed by atoms with Gasteiger partial charge in [0.05, 0.1) is 0 Å². The second-order valence-corrected chi connectivity index (χ2v) is 6.02. The van der Waals surface area contributed by atoms with Gasteiger partial charge in [0, 0.05) is 31.2 Å². The van der Waals surface area contributed by atoms with E-state index in [4.69, 9.17) is 5.73 Å². The van der Waals surface area contributed by atoms with Crippen LogP contribution in [0.25, 0.3) is 0 Å².